The van der Waals surface area contributed by atoms with Crippen molar-refractivity contribution in [2.75, 3.05) is 0 Å². The molecular formula is C13H21N5O2. The minimum atomic E-state index is -0.880. The Balaban J connectivity index is 2.17. The van der Waals surface area contributed by atoms with Crippen molar-refractivity contribution in [1.82, 2.24) is 15.3 Å². The zero-order chi connectivity index (χ0) is 14.6. The third-order valence-electron chi connectivity index (χ3n) is 4.05. The van der Waals surface area contributed by atoms with Crippen LogP contribution in [0.4, 0.5) is 0 Å². The van der Waals surface area contributed by atoms with Gasteiger partial charge in [-0.1, -0.05) is 24.9 Å². The number of rotatable bonds is 5. The van der Waals surface area contributed by atoms with Crippen LogP contribution in [0.3, 0.4) is 0 Å². The fourth-order valence-electron chi connectivity index (χ4n) is 2.80. The van der Waals surface area contributed by atoms with Crippen molar-refractivity contribution in [1.29, 1.82) is 0 Å². The zero-order valence-corrected chi connectivity index (χ0v) is 11.6. The van der Waals surface area contributed by atoms with Crippen LogP contribution < -0.4 is 11.1 Å². The lowest BCUT2D eigenvalue weighted by Gasteiger charge is -2.28. The monoisotopic (exact) mass is 279 g/mol. The van der Waals surface area contributed by atoms with Gasteiger partial charge in [-0.3, -0.25) is 4.79 Å². The summed E-state index contributed by atoms with van der Waals surface area (Å²) in [4.78, 5) is 19.8. The zero-order valence-electron chi connectivity index (χ0n) is 11.6. The van der Waals surface area contributed by atoms with Crippen molar-refractivity contribution in [3.8, 4) is 0 Å². The van der Waals surface area contributed by atoms with Gasteiger partial charge in [-0.25, -0.2) is 4.98 Å². The Kier molecular flexibility index (Phi) is 4.26. The van der Waals surface area contributed by atoms with Crippen LogP contribution in [0.1, 0.15) is 50.9 Å². The average molecular weight is 279 g/mol. The SMILES string of the molecule is CCC(NC(=O)C1(/C(N)=N/O)CCCC1)c1ncc[nH]1. The second kappa shape index (κ2) is 5.94. The Morgan fingerprint density at radius 2 is 2.35 bits per heavy atom. The Morgan fingerprint density at radius 3 is 2.85 bits per heavy atom. The van der Waals surface area contributed by atoms with E-state index in [1.807, 2.05) is 6.92 Å². The van der Waals surface area contributed by atoms with E-state index in [9.17, 15) is 4.79 Å². The molecule has 0 aromatic carbocycles. The van der Waals surface area contributed by atoms with Crippen molar-refractivity contribution >= 4 is 11.7 Å². The van der Waals surface area contributed by atoms with Crippen molar-refractivity contribution < 1.29 is 10.0 Å². The van der Waals surface area contributed by atoms with Gasteiger partial charge in [0.15, 0.2) is 5.84 Å². The van der Waals surface area contributed by atoms with E-state index < -0.39 is 5.41 Å². The fourth-order valence-corrected chi connectivity index (χ4v) is 2.80. The molecule has 5 N–H and O–H groups in total. The molecule has 0 saturated heterocycles. The second-order valence-corrected chi connectivity index (χ2v) is 5.18. The summed E-state index contributed by atoms with van der Waals surface area (Å²) in [6.45, 7) is 1.97. The predicted octanol–water partition coefficient (Wildman–Crippen LogP) is 1.28. The third-order valence-corrected chi connectivity index (χ3v) is 4.05. The van der Waals surface area contributed by atoms with E-state index in [1.54, 1.807) is 12.4 Å². The summed E-state index contributed by atoms with van der Waals surface area (Å²) in [6.07, 6.45) is 7.12. The first kappa shape index (κ1) is 14.4. The number of carbonyl (C=O) groups is 1. The van der Waals surface area contributed by atoms with Gasteiger partial charge in [0.2, 0.25) is 5.91 Å². The lowest BCUT2D eigenvalue weighted by atomic mass is 9.83. The van der Waals surface area contributed by atoms with Crippen molar-refractivity contribution in [2.24, 2.45) is 16.3 Å². The summed E-state index contributed by atoms with van der Waals surface area (Å²) in [5.41, 5.74) is 4.89. The number of amidine groups is 1. The van der Waals surface area contributed by atoms with Gasteiger partial charge in [-0.2, -0.15) is 0 Å². The lowest BCUT2D eigenvalue weighted by molar-refractivity contribution is -0.128. The number of amides is 1. The highest BCUT2D eigenvalue weighted by Crippen LogP contribution is 2.39. The lowest BCUT2D eigenvalue weighted by Crippen LogP contribution is -2.49. The van der Waals surface area contributed by atoms with Crippen LogP contribution in [0.2, 0.25) is 0 Å². The number of nitrogens with zero attached hydrogens (tertiary/aromatic N) is 2. The fraction of sp³-hybridized carbons (Fsp3) is 0.615. The molecule has 2 rings (SSSR count). The Labute approximate surface area is 117 Å². The number of imidazole rings is 1. The molecule has 1 unspecified atom stereocenters. The Morgan fingerprint density at radius 1 is 1.65 bits per heavy atom. The maximum absolute atomic E-state index is 12.6. The molecule has 1 aromatic heterocycles. The molecule has 1 atom stereocenters. The van der Waals surface area contributed by atoms with E-state index in [4.69, 9.17) is 10.9 Å². The predicted molar refractivity (Wildman–Crippen MR) is 74.1 cm³/mol. The maximum atomic E-state index is 12.6. The number of oxime groups is 1. The van der Waals surface area contributed by atoms with Crippen LogP contribution >= 0.6 is 0 Å². The maximum Gasteiger partial charge on any atom is 0.234 e. The van der Waals surface area contributed by atoms with Crippen LogP contribution in [0.15, 0.2) is 17.5 Å². The number of carbonyl (C=O) groups excluding carboxylic acids is 1. The number of aromatic amines is 1. The molecule has 0 aliphatic heterocycles. The van der Waals surface area contributed by atoms with Gasteiger partial charge in [0.1, 0.15) is 11.2 Å². The highest BCUT2D eigenvalue weighted by molar-refractivity contribution is 6.07. The number of nitrogens with one attached hydrogen (secondary N) is 2. The molecule has 20 heavy (non-hydrogen) atoms. The van der Waals surface area contributed by atoms with Crippen molar-refractivity contribution in [3.05, 3.63) is 18.2 Å². The Bertz CT molecular complexity index is 477. The van der Waals surface area contributed by atoms with E-state index in [0.717, 1.165) is 12.8 Å². The molecule has 0 bridgehead atoms. The van der Waals surface area contributed by atoms with Crippen molar-refractivity contribution in [3.63, 3.8) is 0 Å². The number of hydrogen-bond donors (Lipinski definition) is 4. The smallest absolute Gasteiger partial charge is 0.234 e. The average Bonchev–Trinajstić information content (AvgIpc) is 3.14. The topological polar surface area (TPSA) is 116 Å². The van der Waals surface area contributed by atoms with Gasteiger partial charge in [-0.05, 0) is 19.3 Å². The molecule has 7 nitrogen and oxygen atoms in total. The number of aromatic nitrogens is 2. The molecule has 1 aromatic rings. The summed E-state index contributed by atoms with van der Waals surface area (Å²) >= 11 is 0. The minimum absolute atomic E-state index is 0.00166. The van der Waals surface area contributed by atoms with Crippen LogP contribution in [0.25, 0.3) is 0 Å². The Hall–Kier alpha value is -2.05. The molecule has 1 amide bonds. The van der Waals surface area contributed by atoms with Crippen LogP contribution in [-0.2, 0) is 4.79 Å². The van der Waals surface area contributed by atoms with E-state index >= 15 is 0 Å². The second-order valence-electron chi connectivity index (χ2n) is 5.18. The minimum Gasteiger partial charge on any atom is -0.409 e. The molecule has 1 saturated carbocycles. The van der Waals surface area contributed by atoms with Gasteiger partial charge < -0.3 is 21.2 Å². The van der Waals surface area contributed by atoms with E-state index in [0.29, 0.717) is 25.1 Å². The summed E-state index contributed by atoms with van der Waals surface area (Å²) in [6, 6.07) is -0.193. The standard InChI is InChI=1S/C13H21N5O2/c1-2-9(10-15-7-8-16-10)17-12(19)13(11(14)18-20)5-3-4-6-13/h7-9,20H,2-6H2,1H3,(H2,14,18)(H,15,16)(H,17,19). The normalized spacial score (nSPS) is 19.8. The summed E-state index contributed by atoms with van der Waals surface area (Å²) < 4.78 is 0. The van der Waals surface area contributed by atoms with Crippen LogP contribution in [-0.4, -0.2) is 26.9 Å². The number of nitrogens with two attached hydrogens (primary N) is 1. The molecule has 7 heteroatoms. The largest absolute Gasteiger partial charge is 0.409 e. The summed E-state index contributed by atoms with van der Waals surface area (Å²) in [5, 5.41) is 15.0. The third kappa shape index (κ3) is 2.48. The van der Waals surface area contributed by atoms with E-state index in [-0.39, 0.29) is 17.8 Å². The first-order chi connectivity index (χ1) is 9.64. The van der Waals surface area contributed by atoms with E-state index in [2.05, 4.69) is 20.4 Å². The van der Waals surface area contributed by atoms with Gasteiger partial charge in [0, 0.05) is 12.4 Å². The van der Waals surface area contributed by atoms with E-state index in [1.165, 1.54) is 0 Å². The van der Waals surface area contributed by atoms with Gasteiger partial charge >= 0.3 is 0 Å². The number of hydrogen-bond acceptors (Lipinski definition) is 4. The number of H-pyrrole nitrogens is 1. The van der Waals surface area contributed by atoms with Crippen molar-refractivity contribution in [2.45, 2.75) is 45.1 Å². The molecule has 0 radical (unpaired) electrons. The van der Waals surface area contributed by atoms with Crippen LogP contribution in [0, 0.1) is 5.41 Å². The molecule has 1 aliphatic carbocycles. The molecule has 1 fully saturated rings. The first-order valence-corrected chi connectivity index (χ1v) is 6.92. The summed E-state index contributed by atoms with van der Waals surface area (Å²) in [7, 11) is 0. The molecule has 110 valence electrons. The van der Waals surface area contributed by atoms with Gasteiger partial charge in [0.05, 0.1) is 6.04 Å². The summed E-state index contributed by atoms with van der Waals surface area (Å²) in [5.74, 6) is 0.531. The molecular weight excluding hydrogens is 258 g/mol. The van der Waals surface area contributed by atoms with Gasteiger partial charge in [0.25, 0.3) is 0 Å². The highest BCUT2D eigenvalue weighted by Gasteiger charge is 2.46. The molecule has 1 aliphatic rings. The highest BCUT2D eigenvalue weighted by atomic mass is 16.4. The van der Waals surface area contributed by atoms with Crippen LogP contribution in [0.5, 0.6) is 0 Å². The quantitative estimate of drug-likeness (QED) is 0.281. The molecule has 1 heterocycles. The first-order valence-electron chi connectivity index (χ1n) is 6.92. The van der Waals surface area contributed by atoms with Gasteiger partial charge in [-0.15, -0.1) is 0 Å². The molecule has 0 spiro atoms.